The predicted octanol–water partition coefficient (Wildman–Crippen LogP) is 2.91. The minimum absolute atomic E-state index is 0.161. The molecule has 8 nitrogen and oxygen atoms in total. The van der Waals surface area contributed by atoms with Crippen LogP contribution in [0.15, 0.2) is 42.7 Å². The van der Waals surface area contributed by atoms with E-state index in [1.54, 1.807) is 24.5 Å². The van der Waals surface area contributed by atoms with Gasteiger partial charge in [0.1, 0.15) is 5.75 Å². The van der Waals surface area contributed by atoms with E-state index < -0.39 is 17.6 Å². The number of alkyl halides is 2. The molecule has 0 atom stereocenters. The molecule has 0 unspecified atom stereocenters. The zero-order valence-corrected chi connectivity index (χ0v) is 12.1. The number of halogens is 2. The van der Waals surface area contributed by atoms with Crippen molar-refractivity contribution in [3.05, 3.63) is 58.4 Å². The lowest BCUT2D eigenvalue weighted by Gasteiger charge is -2.12. The number of rotatable bonds is 6. The van der Waals surface area contributed by atoms with Gasteiger partial charge in [-0.25, -0.2) is 4.79 Å². The van der Waals surface area contributed by atoms with Crippen LogP contribution in [0.5, 0.6) is 5.75 Å². The molecule has 2 N–H and O–H groups in total. The molecule has 0 aliphatic rings. The minimum Gasteiger partial charge on any atom is -0.433 e. The molecule has 0 saturated heterocycles. The number of hydrogen-bond acceptors (Lipinski definition) is 5. The van der Waals surface area contributed by atoms with Crippen LogP contribution in [-0.4, -0.2) is 22.5 Å². The number of carbonyl (C=O) groups is 1. The Morgan fingerprint density at radius 1 is 1.29 bits per heavy atom. The van der Waals surface area contributed by atoms with Crippen molar-refractivity contribution in [2.75, 3.05) is 5.32 Å². The Bertz CT molecular complexity index is 728. The molecular formula is C14H12F2N4O4. The summed E-state index contributed by atoms with van der Waals surface area (Å²) >= 11 is 0. The monoisotopic (exact) mass is 338 g/mol. The van der Waals surface area contributed by atoms with Crippen molar-refractivity contribution in [1.82, 2.24) is 10.3 Å². The number of pyridine rings is 1. The number of carbonyl (C=O) groups excluding carboxylic acids is 1. The van der Waals surface area contributed by atoms with Crippen molar-refractivity contribution >= 4 is 17.4 Å². The first-order valence-corrected chi connectivity index (χ1v) is 6.62. The van der Waals surface area contributed by atoms with E-state index in [4.69, 9.17) is 0 Å². The Morgan fingerprint density at radius 2 is 2.00 bits per heavy atom. The number of aromatic nitrogens is 1. The molecule has 1 heterocycles. The second-order valence-electron chi connectivity index (χ2n) is 4.48. The topological polar surface area (TPSA) is 106 Å². The van der Waals surface area contributed by atoms with Crippen molar-refractivity contribution in [2.24, 2.45) is 0 Å². The van der Waals surface area contributed by atoms with E-state index in [0.29, 0.717) is 0 Å². The maximum absolute atomic E-state index is 12.4. The molecule has 0 fully saturated rings. The Kier molecular flexibility index (Phi) is 5.55. The van der Waals surface area contributed by atoms with Gasteiger partial charge in [0.15, 0.2) is 0 Å². The second kappa shape index (κ2) is 7.81. The van der Waals surface area contributed by atoms with Gasteiger partial charge < -0.3 is 15.4 Å². The van der Waals surface area contributed by atoms with Crippen LogP contribution in [0.25, 0.3) is 0 Å². The average Bonchev–Trinajstić information content (AvgIpc) is 2.55. The molecule has 0 radical (unpaired) electrons. The summed E-state index contributed by atoms with van der Waals surface area (Å²) in [5.74, 6) is -0.380. The third kappa shape index (κ3) is 4.87. The fourth-order valence-electron chi connectivity index (χ4n) is 1.78. The number of hydrogen-bond donors (Lipinski definition) is 2. The van der Waals surface area contributed by atoms with Gasteiger partial charge in [-0.15, -0.1) is 0 Å². The molecule has 0 aliphatic heterocycles. The number of urea groups is 1. The van der Waals surface area contributed by atoms with Crippen LogP contribution in [0.1, 0.15) is 5.56 Å². The van der Waals surface area contributed by atoms with Crippen LogP contribution in [0.4, 0.5) is 25.0 Å². The molecule has 1 aromatic heterocycles. The van der Waals surface area contributed by atoms with Crippen LogP contribution in [0.3, 0.4) is 0 Å². The molecule has 0 bridgehead atoms. The summed E-state index contributed by atoms with van der Waals surface area (Å²) in [7, 11) is 0. The van der Waals surface area contributed by atoms with Gasteiger partial charge in [-0.2, -0.15) is 8.78 Å². The summed E-state index contributed by atoms with van der Waals surface area (Å²) in [5.41, 5.74) is 0.154. The standard InChI is InChI=1S/C14H12F2N4O4/c15-13(16)24-12-2-1-10(20(22)23)7-11(12)19-14(21)18-8-9-3-5-17-6-4-9/h1-7,13H,8H2,(H2,18,19,21). The minimum atomic E-state index is -3.13. The Morgan fingerprint density at radius 3 is 2.62 bits per heavy atom. The molecule has 2 amide bonds. The number of nitro groups is 1. The smallest absolute Gasteiger partial charge is 0.387 e. The SMILES string of the molecule is O=C(NCc1ccncc1)Nc1cc([N+](=O)[O-])ccc1OC(F)F. The molecular weight excluding hydrogens is 326 g/mol. The van der Waals surface area contributed by atoms with Crippen molar-refractivity contribution in [2.45, 2.75) is 13.2 Å². The molecule has 126 valence electrons. The lowest BCUT2D eigenvalue weighted by atomic mass is 10.2. The number of ether oxygens (including phenoxy) is 1. The summed E-state index contributed by atoms with van der Waals surface area (Å²) in [6.45, 7) is -2.97. The number of amides is 2. The van der Waals surface area contributed by atoms with Crippen LogP contribution in [0.2, 0.25) is 0 Å². The third-order valence-electron chi connectivity index (χ3n) is 2.84. The van der Waals surface area contributed by atoms with Crippen LogP contribution in [-0.2, 0) is 6.54 Å². The number of nitrogens with one attached hydrogen (secondary N) is 2. The van der Waals surface area contributed by atoms with E-state index in [-0.39, 0.29) is 23.7 Å². The number of nitro benzene ring substituents is 1. The highest BCUT2D eigenvalue weighted by molar-refractivity contribution is 5.91. The van der Waals surface area contributed by atoms with Gasteiger partial charge >= 0.3 is 12.6 Å². The highest BCUT2D eigenvalue weighted by Gasteiger charge is 2.16. The fraction of sp³-hybridized carbons (Fsp3) is 0.143. The van der Waals surface area contributed by atoms with Gasteiger partial charge in [-0.05, 0) is 23.8 Å². The number of anilines is 1. The van der Waals surface area contributed by atoms with Gasteiger partial charge in [-0.1, -0.05) is 0 Å². The average molecular weight is 338 g/mol. The van der Waals surface area contributed by atoms with Gasteiger partial charge in [-0.3, -0.25) is 15.1 Å². The van der Waals surface area contributed by atoms with E-state index in [1.165, 1.54) is 0 Å². The quantitative estimate of drug-likeness (QED) is 0.622. The first kappa shape index (κ1) is 17.1. The zero-order chi connectivity index (χ0) is 17.5. The number of non-ortho nitro benzene ring substituents is 1. The number of nitrogens with zero attached hydrogens (tertiary/aromatic N) is 2. The highest BCUT2D eigenvalue weighted by Crippen LogP contribution is 2.30. The normalized spacial score (nSPS) is 10.3. The van der Waals surface area contributed by atoms with Gasteiger partial charge in [0.2, 0.25) is 0 Å². The van der Waals surface area contributed by atoms with E-state index >= 15 is 0 Å². The van der Waals surface area contributed by atoms with Crippen molar-refractivity contribution in [1.29, 1.82) is 0 Å². The Balaban J connectivity index is 2.09. The van der Waals surface area contributed by atoms with E-state index in [9.17, 15) is 23.7 Å². The third-order valence-corrected chi connectivity index (χ3v) is 2.84. The summed E-state index contributed by atoms with van der Waals surface area (Å²) in [4.78, 5) is 25.7. The van der Waals surface area contributed by atoms with Crippen LogP contribution >= 0.6 is 0 Å². The van der Waals surface area contributed by atoms with Gasteiger partial charge in [0.05, 0.1) is 10.6 Å². The van der Waals surface area contributed by atoms with Crippen LogP contribution in [0, 0.1) is 10.1 Å². The molecule has 0 spiro atoms. The maximum atomic E-state index is 12.4. The Hall–Kier alpha value is -3.30. The van der Waals surface area contributed by atoms with E-state index in [1.807, 2.05) is 0 Å². The van der Waals surface area contributed by atoms with Crippen molar-refractivity contribution < 1.29 is 23.2 Å². The predicted molar refractivity (Wildman–Crippen MR) is 79.8 cm³/mol. The molecule has 1 aromatic carbocycles. The summed E-state index contributed by atoms with van der Waals surface area (Å²) in [5, 5.41) is 15.5. The Labute approximate surface area is 134 Å². The van der Waals surface area contributed by atoms with Gasteiger partial charge in [0.25, 0.3) is 5.69 Å². The van der Waals surface area contributed by atoms with Crippen molar-refractivity contribution in [3.8, 4) is 5.75 Å². The highest BCUT2D eigenvalue weighted by atomic mass is 19.3. The zero-order valence-electron chi connectivity index (χ0n) is 12.1. The second-order valence-corrected chi connectivity index (χ2v) is 4.48. The number of benzene rings is 1. The summed E-state index contributed by atoms with van der Waals surface area (Å²) in [6.07, 6.45) is 3.09. The summed E-state index contributed by atoms with van der Waals surface area (Å²) < 4.78 is 29.0. The van der Waals surface area contributed by atoms with E-state index in [2.05, 4.69) is 20.4 Å². The first-order chi connectivity index (χ1) is 11.5. The summed E-state index contributed by atoms with van der Waals surface area (Å²) in [6, 6.07) is 5.55. The largest absolute Gasteiger partial charge is 0.433 e. The lowest BCUT2D eigenvalue weighted by Crippen LogP contribution is -2.28. The maximum Gasteiger partial charge on any atom is 0.387 e. The van der Waals surface area contributed by atoms with E-state index in [0.717, 1.165) is 23.8 Å². The molecule has 2 rings (SSSR count). The molecule has 0 saturated carbocycles. The lowest BCUT2D eigenvalue weighted by molar-refractivity contribution is -0.384. The molecule has 0 aliphatic carbocycles. The molecule has 2 aromatic rings. The fourth-order valence-corrected chi connectivity index (χ4v) is 1.78. The molecule has 24 heavy (non-hydrogen) atoms. The first-order valence-electron chi connectivity index (χ1n) is 6.62. The molecule has 10 heteroatoms. The van der Waals surface area contributed by atoms with Crippen LogP contribution < -0.4 is 15.4 Å². The van der Waals surface area contributed by atoms with Gasteiger partial charge in [0, 0.05) is 31.1 Å². The van der Waals surface area contributed by atoms with Crippen molar-refractivity contribution in [3.63, 3.8) is 0 Å².